The first kappa shape index (κ1) is 21.9. The fourth-order valence-electron chi connectivity index (χ4n) is 2.79. The molecule has 0 aliphatic heterocycles. The van der Waals surface area contributed by atoms with Crippen LogP contribution in [0.2, 0.25) is 0 Å². The maximum Gasteiger partial charge on any atom is 0.267 e. The first-order valence-electron chi connectivity index (χ1n) is 9.09. The normalized spacial score (nSPS) is 13.4. The van der Waals surface area contributed by atoms with Crippen molar-refractivity contribution < 1.29 is 18.1 Å². The lowest BCUT2D eigenvalue weighted by molar-refractivity contribution is 0.282. The maximum atomic E-state index is 11.4. The van der Waals surface area contributed by atoms with Crippen molar-refractivity contribution in [3.05, 3.63) is 0 Å². The van der Waals surface area contributed by atoms with Gasteiger partial charge in [0, 0.05) is 6.61 Å². The molecule has 0 aromatic carbocycles. The van der Waals surface area contributed by atoms with E-state index in [-0.39, 0.29) is 6.61 Å². The zero-order valence-electron chi connectivity index (χ0n) is 14.3. The number of unbranched alkanes of at least 4 members (excludes halogenated alkanes) is 10. The molecule has 2 N–H and O–H groups in total. The topological polar surface area (TPSA) is 74.6 Å². The largest absolute Gasteiger partial charge is 0.396 e. The van der Waals surface area contributed by atoms with Crippen LogP contribution < -0.4 is 0 Å². The molecule has 0 aromatic heterocycles. The molecule has 0 bridgehead atoms. The van der Waals surface area contributed by atoms with Crippen LogP contribution in [0.15, 0.2) is 0 Å². The summed E-state index contributed by atoms with van der Waals surface area (Å²) in [5.74, 6) is 0. The third-order valence-corrected chi connectivity index (χ3v) is 5.55. The van der Waals surface area contributed by atoms with Crippen molar-refractivity contribution in [2.45, 2.75) is 102 Å². The third-order valence-electron chi connectivity index (χ3n) is 4.24. The molecular weight excluding hydrogens is 300 g/mol. The average molecular weight is 337 g/mol. The van der Waals surface area contributed by atoms with Gasteiger partial charge in [0.1, 0.15) is 0 Å². The van der Waals surface area contributed by atoms with Gasteiger partial charge in [0.2, 0.25) is 0 Å². The van der Waals surface area contributed by atoms with E-state index < -0.39 is 15.4 Å². The summed E-state index contributed by atoms with van der Waals surface area (Å²) in [6.45, 7) is 2.42. The van der Waals surface area contributed by atoms with Gasteiger partial charge in [-0.15, -0.1) is 0 Å². The molecule has 0 aromatic rings. The summed E-state index contributed by atoms with van der Waals surface area (Å²) in [6.07, 6.45) is 14.0. The molecule has 1 atom stereocenters. The summed E-state index contributed by atoms with van der Waals surface area (Å²) in [5.41, 5.74) is 0. The molecule has 0 heterocycles. The van der Waals surface area contributed by atoms with Crippen molar-refractivity contribution in [1.82, 2.24) is 0 Å². The summed E-state index contributed by atoms with van der Waals surface area (Å²) < 4.78 is 32.1. The number of hydrogen-bond acceptors (Lipinski definition) is 3. The third kappa shape index (κ3) is 13.5. The van der Waals surface area contributed by atoms with E-state index in [0.717, 1.165) is 57.8 Å². The van der Waals surface area contributed by atoms with Crippen LogP contribution in [0, 0.1) is 0 Å². The van der Waals surface area contributed by atoms with Crippen LogP contribution in [-0.2, 0) is 10.1 Å². The Morgan fingerprint density at radius 1 is 0.727 bits per heavy atom. The minimum Gasteiger partial charge on any atom is -0.396 e. The second-order valence-corrected chi connectivity index (χ2v) is 8.02. The predicted octanol–water partition coefficient (Wildman–Crippen LogP) is 4.72. The minimum atomic E-state index is -3.88. The van der Waals surface area contributed by atoms with Crippen LogP contribution in [0.3, 0.4) is 0 Å². The van der Waals surface area contributed by atoms with E-state index in [1.54, 1.807) is 0 Å². The number of hydrogen-bond donors (Lipinski definition) is 2. The highest BCUT2D eigenvalue weighted by Crippen LogP contribution is 2.18. The van der Waals surface area contributed by atoms with Crippen molar-refractivity contribution in [3.63, 3.8) is 0 Å². The van der Waals surface area contributed by atoms with Gasteiger partial charge >= 0.3 is 0 Å². The van der Waals surface area contributed by atoms with Crippen molar-refractivity contribution in [2.24, 2.45) is 0 Å². The summed E-state index contributed by atoms with van der Waals surface area (Å²) in [6, 6.07) is 0. The summed E-state index contributed by atoms with van der Waals surface area (Å²) >= 11 is 0. The van der Waals surface area contributed by atoms with E-state index in [1.165, 1.54) is 19.3 Å². The molecule has 22 heavy (non-hydrogen) atoms. The Morgan fingerprint density at radius 3 is 1.55 bits per heavy atom. The quantitative estimate of drug-likeness (QED) is 0.316. The van der Waals surface area contributed by atoms with Gasteiger partial charge in [0.05, 0.1) is 5.25 Å². The molecule has 0 saturated heterocycles. The Hall–Kier alpha value is -0.130. The lowest BCUT2D eigenvalue weighted by Gasteiger charge is -2.13. The molecule has 134 valence electrons. The minimum absolute atomic E-state index is 0.287. The summed E-state index contributed by atoms with van der Waals surface area (Å²) in [4.78, 5) is 0. The highest BCUT2D eigenvalue weighted by molar-refractivity contribution is 7.86. The zero-order valence-corrected chi connectivity index (χ0v) is 15.1. The van der Waals surface area contributed by atoms with Crippen LogP contribution in [0.5, 0.6) is 0 Å². The molecule has 0 rings (SSSR count). The van der Waals surface area contributed by atoms with Gasteiger partial charge in [-0.25, -0.2) is 0 Å². The molecular formula is C17H36O4S. The predicted molar refractivity (Wildman–Crippen MR) is 92.7 cm³/mol. The first-order valence-corrected chi connectivity index (χ1v) is 10.6. The smallest absolute Gasteiger partial charge is 0.267 e. The monoisotopic (exact) mass is 336 g/mol. The van der Waals surface area contributed by atoms with E-state index >= 15 is 0 Å². The average Bonchev–Trinajstić information content (AvgIpc) is 2.46. The molecule has 5 heteroatoms. The SMILES string of the molecule is CCCCCCC(CCCCCCCCCCO)S(=O)(=O)O. The zero-order chi connectivity index (χ0) is 16.7. The Balaban J connectivity index is 3.68. The van der Waals surface area contributed by atoms with Crippen LogP contribution in [0.25, 0.3) is 0 Å². The van der Waals surface area contributed by atoms with Gasteiger partial charge in [-0.3, -0.25) is 4.55 Å². The summed E-state index contributed by atoms with van der Waals surface area (Å²) in [7, 11) is -3.88. The lowest BCUT2D eigenvalue weighted by atomic mass is 10.0. The Labute approximate surface area is 137 Å². The molecule has 0 spiro atoms. The molecule has 4 nitrogen and oxygen atoms in total. The van der Waals surface area contributed by atoms with Crippen LogP contribution >= 0.6 is 0 Å². The highest BCUT2D eigenvalue weighted by atomic mass is 32.2. The van der Waals surface area contributed by atoms with Crippen molar-refractivity contribution in [3.8, 4) is 0 Å². The van der Waals surface area contributed by atoms with Gasteiger partial charge in [0.15, 0.2) is 0 Å². The Morgan fingerprint density at radius 2 is 1.14 bits per heavy atom. The van der Waals surface area contributed by atoms with E-state index in [0.29, 0.717) is 12.8 Å². The van der Waals surface area contributed by atoms with Crippen molar-refractivity contribution in [1.29, 1.82) is 0 Å². The van der Waals surface area contributed by atoms with E-state index in [4.69, 9.17) is 5.11 Å². The highest BCUT2D eigenvalue weighted by Gasteiger charge is 2.21. The molecule has 0 saturated carbocycles. The van der Waals surface area contributed by atoms with E-state index in [1.807, 2.05) is 0 Å². The fraction of sp³-hybridized carbons (Fsp3) is 1.00. The molecule has 0 radical (unpaired) electrons. The van der Waals surface area contributed by atoms with Gasteiger partial charge in [-0.1, -0.05) is 77.6 Å². The van der Waals surface area contributed by atoms with Crippen LogP contribution in [0.4, 0.5) is 0 Å². The van der Waals surface area contributed by atoms with Crippen molar-refractivity contribution in [2.75, 3.05) is 6.61 Å². The molecule has 1 unspecified atom stereocenters. The van der Waals surface area contributed by atoms with E-state index in [9.17, 15) is 13.0 Å². The number of rotatable bonds is 16. The molecule has 0 fully saturated rings. The second kappa shape index (κ2) is 14.5. The molecule has 0 amide bonds. The molecule has 0 aliphatic carbocycles. The Bertz CT molecular complexity index is 328. The number of aliphatic hydroxyl groups excluding tert-OH is 1. The summed E-state index contributed by atoms with van der Waals surface area (Å²) in [5, 5.41) is 8.12. The van der Waals surface area contributed by atoms with E-state index in [2.05, 4.69) is 6.92 Å². The first-order chi connectivity index (χ1) is 10.5. The van der Waals surface area contributed by atoms with Crippen LogP contribution in [0.1, 0.15) is 96.8 Å². The van der Waals surface area contributed by atoms with Gasteiger partial charge in [-0.2, -0.15) is 8.42 Å². The van der Waals surface area contributed by atoms with Crippen LogP contribution in [-0.4, -0.2) is 29.9 Å². The van der Waals surface area contributed by atoms with Gasteiger partial charge < -0.3 is 5.11 Å². The second-order valence-electron chi connectivity index (χ2n) is 6.33. The number of aliphatic hydroxyl groups is 1. The fourth-order valence-corrected chi connectivity index (χ4v) is 3.71. The van der Waals surface area contributed by atoms with Gasteiger partial charge in [0.25, 0.3) is 10.1 Å². The van der Waals surface area contributed by atoms with Gasteiger partial charge in [-0.05, 0) is 19.3 Å². The standard InChI is InChI=1S/C17H36O4S/c1-2-3-4-11-14-17(22(19,20)21)15-12-9-7-5-6-8-10-13-16-18/h17-18H,2-16H2,1H3,(H,19,20,21). The van der Waals surface area contributed by atoms with Crippen molar-refractivity contribution >= 4 is 10.1 Å². The maximum absolute atomic E-state index is 11.4. The Kier molecular flexibility index (Phi) is 14.4. The lowest BCUT2D eigenvalue weighted by Crippen LogP contribution is -2.20. The molecule has 0 aliphatic rings.